The maximum Gasteiger partial charge on any atom is 0.253 e. The third-order valence-electron chi connectivity index (χ3n) is 7.90. The molecule has 37 heavy (non-hydrogen) atoms. The van der Waals surface area contributed by atoms with Crippen molar-refractivity contribution < 1.29 is 9.59 Å². The second-order valence-electron chi connectivity index (χ2n) is 10.4. The molecule has 194 valence electrons. The summed E-state index contributed by atoms with van der Waals surface area (Å²) in [5, 5.41) is 10.9. The maximum atomic E-state index is 13.2. The number of fused-ring (bicyclic) bond motifs is 1. The first-order valence-corrected chi connectivity index (χ1v) is 14.9. The number of piperidine rings is 1. The normalized spacial score (nSPS) is 22.9. The highest BCUT2D eigenvalue weighted by molar-refractivity contribution is 7.98. The first-order chi connectivity index (χ1) is 18.0. The molecule has 6 rings (SSSR count). The quantitative estimate of drug-likeness (QED) is 0.405. The number of nitrogens with one attached hydrogen (secondary N) is 3. The van der Waals surface area contributed by atoms with Crippen LogP contribution in [0.25, 0.3) is 10.2 Å². The van der Waals surface area contributed by atoms with Gasteiger partial charge in [-0.2, -0.15) is 0 Å². The van der Waals surface area contributed by atoms with E-state index in [0.29, 0.717) is 43.1 Å². The molecular weight excluding hydrogens is 506 g/mol. The lowest BCUT2D eigenvalue weighted by Crippen LogP contribution is -2.44. The van der Waals surface area contributed by atoms with E-state index in [1.807, 2.05) is 41.7 Å². The Morgan fingerprint density at radius 1 is 1.16 bits per heavy atom. The Morgan fingerprint density at radius 2 is 1.92 bits per heavy atom. The van der Waals surface area contributed by atoms with Crippen molar-refractivity contribution in [3.05, 3.63) is 36.2 Å². The van der Waals surface area contributed by atoms with E-state index in [-0.39, 0.29) is 17.2 Å². The molecule has 3 N–H and O–H groups in total. The average molecular weight is 538 g/mol. The number of aromatic nitrogens is 3. The molecule has 3 aliphatic rings. The number of carbonyl (C=O) groups is 2. The molecule has 2 amide bonds. The standard InChI is InChI=1S/C26H31N7O2S2/c1-36-19-13-27-24(28-14-19)30-17-3-4-18(11-17)31-25-32-20-5-2-16(10-21(20)37-25)23(35)33-8-6-26(7-9-33)12-22(34)29-15-26/h2,5,10,13-14,17-18H,3-4,6-9,11-12,15H2,1H3,(H,29,34)(H,31,32)(H,27,28,30)/t17-,18-/m0/s1. The summed E-state index contributed by atoms with van der Waals surface area (Å²) in [6.45, 7) is 2.14. The lowest BCUT2D eigenvalue weighted by molar-refractivity contribution is -0.119. The number of hydrogen-bond donors (Lipinski definition) is 3. The summed E-state index contributed by atoms with van der Waals surface area (Å²) in [6, 6.07) is 6.47. The fraction of sp³-hybridized carbons (Fsp3) is 0.500. The third kappa shape index (κ3) is 5.24. The first kappa shape index (κ1) is 24.4. The van der Waals surface area contributed by atoms with Gasteiger partial charge in [-0.15, -0.1) is 11.8 Å². The maximum absolute atomic E-state index is 13.2. The Hall–Kier alpha value is -2.92. The molecule has 3 fully saturated rings. The molecule has 1 spiro atoms. The predicted molar refractivity (Wildman–Crippen MR) is 147 cm³/mol. The largest absolute Gasteiger partial charge is 0.359 e. The Labute approximate surface area is 224 Å². The van der Waals surface area contributed by atoms with E-state index in [0.717, 1.165) is 58.9 Å². The van der Waals surface area contributed by atoms with Crippen LogP contribution >= 0.6 is 23.1 Å². The minimum atomic E-state index is 0.0384. The number of nitrogens with zero attached hydrogens (tertiary/aromatic N) is 4. The van der Waals surface area contributed by atoms with Gasteiger partial charge in [0.05, 0.1) is 10.2 Å². The molecule has 1 aromatic carbocycles. The van der Waals surface area contributed by atoms with Gasteiger partial charge in [-0.3, -0.25) is 9.59 Å². The molecule has 0 unspecified atom stereocenters. The van der Waals surface area contributed by atoms with Crippen molar-refractivity contribution in [2.24, 2.45) is 5.41 Å². The molecule has 2 saturated heterocycles. The molecule has 4 heterocycles. The molecule has 1 saturated carbocycles. The fourth-order valence-electron chi connectivity index (χ4n) is 5.69. The molecule has 2 aromatic heterocycles. The number of amides is 2. The van der Waals surface area contributed by atoms with E-state index in [1.54, 1.807) is 23.1 Å². The van der Waals surface area contributed by atoms with Crippen molar-refractivity contribution in [2.45, 2.75) is 55.5 Å². The Bertz CT molecular complexity index is 1300. The monoisotopic (exact) mass is 537 g/mol. The minimum Gasteiger partial charge on any atom is -0.359 e. The van der Waals surface area contributed by atoms with Crippen LogP contribution in [0, 0.1) is 5.41 Å². The Balaban J connectivity index is 1.05. The average Bonchev–Trinajstić information content (AvgIpc) is 3.63. The van der Waals surface area contributed by atoms with Crippen molar-refractivity contribution in [1.29, 1.82) is 0 Å². The summed E-state index contributed by atoms with van der Waals surface area (Å²) in [4.78, 5) is 41.5. The number of hydrogen-bond acceptors (Lipinski definition) is 9. The number of anilines is 2. The van der Waals surface area contributed by atoms with Gasteiger partial charge in [0, 0.05) is 61.0 Å². The van der Waals surface area contributed by atoms with Crippen LogP contribution in [-0.4, -0.2) is 69.6 Å². The smallest absolute Gasteiger partial charge is 0.253 e. The number of benzene rings is 1. The highest BCUT2D eigenvalue weighted by Crippen LogP contribution is 2.38. The zero-order valence-electron chi connectivity index (χ0n) is 20.8. The van der Waals surface area contributed by atoms with E-state index in [1.165, 1.54) is 0 Å². The lowest BCUT2D eigenvalue weighted by Gasteiger charge is -2.38. The highest BCUT2D eigenvalue weighted by Gasteiger charge is 2.41. The van der Waals surface area contributed by atoms with Crippen LogP contribution < -0.4 is 16.0 Å². The van der Waals surface area contributed by atoms with Gasteiger partial charge in [0.25, 0.3) is 5.91 Å². The summed E-state index contributed by atoms with van der Waals surface area (Å²) < 4.78 is 1.02. The minimum absolute atomic E-state index is 0.0384. The van der Waals surface area contributed by atoms with Gasteiger partial charge in [-0.1, -0.05) is 11.3 Å². The molecule has 3 aromatic rings. The summed E-state index contributed by atoms with van der Waals surface area (Å²) in [5.74, 6) is 0.881. The number of rotatable bonds is 6. The van der Waals surface area contributed by atoms with Gasteiger partial charge in [0.15, 0.2) is 5.13 Å². The molecule has 11 heteroatoms. The summed E-state index contributed by atoms with van der Waals surface area (Å²) >= 11 is 3.24. The summed E-state index contributed by atoms with van der Waals surface area (Å²) in [6.07, 6.45) is 11.1. The van der Waals surface area contributed by atoms with E-state index in [2.05, 4.69) is 25.9 Å². The SMILES string of the molecule is CSc1cnc(N[C@H]2CC[C@H](Nc3nc4ccc(C(=O)N5CCC6(CC5)CNC(=O)C6)cc4s3)C2)nc1. The van der Waals surface area contributed by atoms with Crippen molar-refractivity contribution in [1.82, 2.24) is 25.2 Å². The van der Waals surface area contributed by atoms with Crippen LogP contribution in [-0.2, 0) is 4.79 Å². The number of likely N-dealkylation sites (tertiary alicyclic amines) is 1. The molecule has 9 nitrogen and oxygen atoms in total. The van der Waals surface area contributed by atoms with Gasteiger partial charge in [0.1, 0.15) is 0 Å². The van der Waals surface area contributed by atoms with E-state index in [4.69, 9.17) is 4.98 Å². The summed E-state index contributed by atoms with van der Waals surface area (Å²) in [7, 11) is 0. The number of thioether (sulfide) groups is 1. The van der Waals surface area contributed by atoms with Crippen molar-refractivity contribution in [3.8, 4) is 0 Å². The molecule has 1 aliphatic carbocycles. The lowest BCUT2D eigenvalue weighted by atomic mass is 9.77. The highest BCUT2D eigenvalue weighted by atomic mass is 32.2. The second kappa shape index (κ2) is 10.1. The van der Waals surface area contributed by atoms with Crippen molar-refractivity contribution in [2.75, 3.05) is 36.5 Å². The van der Waals surface area contributed by atoms with Crippen LogP contribution in [0.15, 0.2) is 35.5 Å². The van der Waals surface area contributed by atoms with Crippen LogP contribution in [0.1, 0.15) is 48.9 Å². The van der Waals surface area contributed by atoms with Crippen molar-refractivity contribution >= 4 is 56.2 Å². The molecule has 2 atom stereocenters. The van der Waals surface area contributed by atoms with Crippen LogP contribution in [0.5, 0.6) is 0 Å². The zero-order chi connectivity index (χ0) is 25.4. The second-order valence-corrected chi connectivity index (χ2v) is 12.3. The van der Waals surface area contributed by atoms with Gasteiger partial charge < -0.3 is 20.9 Å². The van der Waals surface area contributed by atoms with E-state index < -0.39 is 0 Å². The zero-order valence-corrected chi connectivity index (χ0v) is 22.5. The van der Waals surface area contributed by atoms with Gasteiger partial charge in [-0.05, 0) is 62.0 Å². The Kier molecular flexibility index (Phi) is 6.66. The van der Waals surface area contributed by atoms with Gasteiger partial charge >= 0.3 is 0 Å². The van der Waals surface area contributed by atoms with Crippen LogP contribution in [0.2, 0.25) is 0 Å². The van der Waals surface area contributed by atoms with E-state index >= 15 is 0 Å². The predicted octanol–water partition coefficient (Wildman–Crippen LogP) is 4.00. The fourth-order valence-corrected chi connectivity index (χ4v) is 6.99. The number of carbonyl (C=O) groups excluding carboxylic acids is 2. The van der Waals surface area contributed by atoms with Gasteiger partial charge in [-0.25, -0.2) is 15.0 Å². The molecule has 0 bridgehead atoms. The number of thiazole rings is 1. The van der Waals surface area contributed by atoms with Gasteiger partial charge in [0.2, 0.25) is 11.9 Å². The molecule has 2 aliphatic heterocycles. The molecular formula is C26H31N7O2S2. The van der Waals surface area contributed by atoms with Crippen LogP contribution in [0.3, 0.4) is 0 Å². The molecule has 0 radical (unpaired) electrons. The Morgan fingerprint density at radius 3 is 2.62 bits per heavy atom. The van der Waals surface area contributed by atoms with Crippen LogP contribution in [0.4, 0.5) is 11.1 Å². The topological polar surface area (TPSA) is 112 Å². The third-order valence-corrected chi connectivity index (χ3v) is 9.53. The first-order valence-electron chi connectivity index (χ1n) is 12.8. The van der Waals surface area contributed by atoms with Crippen molar-refractivity contribution in [3.63, 3.8) is 0 Å². The van der Waals surface area contributed by atoms with E-state index in [9.17, 15) is 9.59 Å². The summed E-state index contributed by atoms with van der Waals surface area (Å²) in [5.41, 5.74) is 1.65.